The molecule has 35 heavy (non-hydrogen) atoms. The first-order valence-electron chi connectivity index (χ1n) is 11.4. The van der Waals surface area contributed by atoms with Crippen molar-refractivity contribution in [2.45, 2.75) is 25.9 Å². The molecular formula is C27H23FN4O2S. The number of nitrogens with one attached hydrogen (secondary N) is 1. The normalized spacial score (nSPS) is 18.7. The Bertz CT molecular complexity index is 1440. The van der Waals surface area contributed by atoms with Crippen LogP contribution >= 0.6 is 12.2 Å². The molecule has 0 amide bonds. The van der Waals surface area contributed by atoms with E-state index in [-0.39, 0.29) is 24.7 Å². The van der Waals surface area contributed by atoms with Gasteiger partial charge < -0.3 is 24.3 Å². The molecule has 2 unspecified atom stereocenters. The minimum atomic E-state index is -0.270. The molecule has 1 fully saturated rings. The molecule has 0 saturated carbocycles. The summed E-state index contributed by atoms with van der Waals surface area (Å²) in [6.45, 7) is 4.29. The lowest BCUT2D eigenvalue weighted by Gasteiger charge is -2.28. The number of ether oxygens (including phenoxy) is 2. The van der Waals surface area contributed by atoms with E-state index >= 15 is 0 Å². The first kappa shape index (κ1) is 21.6. The van der Waals surface area contributed by atoms with Crippen LogP contribution in [-0.2, 0) is 0 Å². The second kappa shape index (κ2) is 8.39. The number of nitrogens with zero attached hydrogens (tertiary/aromatic N) is 3. The minimum absolute atomic E-state index is 0.185. The molecule has 0 aliphatic carbocycles. The van der Waals surface area contributed by atoms with E-state index in [1.807, 2.05) is 49.4 Å². The van der Waals surface area contributed by atoms with Crippen molar-refractivity contribution in [2.24, 2.45) is 0 Å². The van der Waals surface area contributed by atoms with Gasteiger partial charge in [-0.3, -0.25) is 4.98 Å². The van der Waals surface area contributed by atoms with Crippen molar-refractivity contribution in [3.63, 3.8) is 0 Å². The van der Waals surface area contributed by atoms with Crippen LogP contribution in [0.2, 0.25) is 0 Å². The second-order valence-electron chi connectivity index (χ2n) is 8.68. The Morgan fingerprint density at radius 1 is 0.971 bits per heavy atom. The van der Waals surface area contributed by atoms with Gasteiger partial charge in [0.2, 0.25) is 6.79 Å². The van der Waals surface area contributed by atoms with Crippen molar-refractivity contribution in [1.29, 1.82) is 0 Å². The molecule has 0 spiro atoms. The summed E-state index contributed by atoms with van der Waals surface area (Å²) in [7, 11) is 0. The van der Waals surface area contributed by atoms with Crippen LogP contribution in [0.4, 0.5) is 10.1 Å². The van der Waals surface area contributed by atoms with Gasteiger partial charge in [0.15, 0.2) is 16.6 Å². The summed E-state index contributed by atoms with van der Waals surface area (Å²) in [6, 6.07) is 20.1. The maximum Gasteiger partial charge on any atom is 0.231 e. The van der Waals surface area contributed by atoms with E-state index in [1.165, 1.54) is 6.07 Å². The van der Waals surface area contributed by atoms with Gasteiger partial charge >= 0.3 is 0 Å². The highest BCUT2D eigenvalue weighted by atomic mass is 32.1. The molecule has 6 nitrogen and oxygen atoms in total. The third kappa shape index (κ3) is 3.61. The zero-order valence-electron chi connectivity index (χ0n) is 19.2. The van der Waals surface area contributed by atoms with Gasteiger partial charge in [0.25, 0.3) is 0 Å². The van der Waals surface area contributed by atoms with Crippen molar-refractivity contribution in [3.8, 4) is 17.2 Å². The smallest absolute Gasteiger partial charge is 0.231 e. The molecule has 176 valence electrons. The van der Waals surface area contributed by atoms with Gasteiger partial charge in [0, 0.05) is 35.0 Å². The number of hydrogen-bond donors (Lipinski definition) is 1. The Hall–Kier alpha value is -3.91. The van der Waals surface area contributed by atoms with E-state index in [2.05, 4.69) is 32.8 Å². The van der Waals surface area contributed by atoms with Crippen molar-refractivity contribution >= 4 is 23.0 Å². The number of rotatable bonds is 4. The summed E-state index contributed by atoms with van der Waals surface area (Å²) in [5.74, 6) is 1.14. The van der Waals surface area contributed by atoms with Crippen LogP contribution in [0.15, 0.2) is 72.9 Å². The fraction of sp³-hybridized carbons (Fsp3) is 0.185. The molecule has 2 atom stereocenters. The van der Waals surface area contributed by atoms with E-state index in [4.69, 9.17) is 21.7 Å². The molecule has 0 bridgehead atoms. The maximum atomic E-state index is 14.1. The molecule has 0 radical (unpaired) electrons. The van der Waals surface area contributed by atoms with Crippen molar-refractivity contribution in [1.82, 2.24) is 14.9 Å². The lowest BCUT2D eigenvalue weighted by Crippen LogP contribution is -2.29. The van der Waals surface area contributed by atoms with Crippen LogP contribution in [0.1, 0.15) is 34.7 Å². The number of aryl methyl sites for hydroxylation is 1. The number of aromatic nitrogens is 2. The molecule has 1 N–H and O–H groups in total. The molecule has 1 saturated heterocycles. The zero-order chi connectivity index (χ0) is 24.1. The SMILES string of the molecule is Cc1cc(C2C(c3ccccn3)NC(=S)N2c2ccc3c(c2)OCO3)c(C)n1-c1cccc(F)c1. The topological polar surface area (TPSA) is 51.6 Å². The zero-order valence-corrected chi connectivity index (χ0v) is 20.1. The maximum absolute atomic E-state index is 14.1. The predicted octanol–water partition coefficient (Wildman–Crippen LogP) is 5.53. The number of thiocarbonyl (C=S) groups is 1. The Labute approximate surface area is 207 Å². The average Bonchev–Trinajstić information content (AvgIpc) is 3.54. The second-order valence-corrected chi connectivity index (χ2v) is 9.06. The van der Waals surface area contributed by atoms with Crippen LogP contribution in [0, 0.1) is 19.7 Å². The first-order valence-corrected chi connectivity index (χ1v) is 11.8. The van der Waals surface area contributed by atoms with Crippen molar-refractivity contribution in [2.75, 3.05) is 11.7 Å². The molecule has 2 aromatic carbocycles. The van der Waals surface area contributed by atoms with Crippen LogP contribution in [-0.4, -0.2) is 21.5 Å². The van der Waals surface area contributed by atoms with Gasteiger partial charge in [-0.05, 0) is 80.2 Å². The Balaban J connectivity index is 1.51. The standard InChI is InChI=1S/C27H23FN4O2S/c1-16-12-21(17(2)31(16)19-7-5-6-18(28)13-19)26-25(22-8-3-4-11-29-22)30-27(35)32(26)20-9-10-23-24(14-20)34-15-33-23/h3-14,25-26H,15H2,1-2H3,(H,30,35). The number of fused-ring (bicyclic) bond motifs is 1. The van der Waals surface area contributed by atoms with Gasteiger partial charge in [-0.2, -0.15) is 0 Å². The monoisotopic (exact) mass is 486 g/mol. The number of benzene rings is 2. The molecule has 4 heterocycles. The van der Waals surface area contributed by atoms with Crippen molar-refractivity contribution in [3.05, 3.63) is 101 Å². The predicted molar refractivity (Wildman–Crippen MR) is 136 cm³/mol. The highest BCUT2D eigenvalue weighted by molar-refractivity contribution is 7.80. The summed E-state index contributed by atoms with van der Waals surface area (Å²) in [5, 5.41) is 4.09. The molecular weight excluding hydrogens is 463 g/mol. The van der Waals surface area contributed by atoms with E-state index in [0.29, 0.717) is 16.6 Å². The molecule has 2 aromatic heterocycles. The fourth-order valence-corrected chi connectivity index (χ4v) is 5.43. The van der Waals surface area contributed by atoms with Crippen molar-refractivity contribution < 1.29 is 13.9 Å². The quantitative estimate of drug-likeness (QED) is 0.383. The Morgan fingerprint density at radius 2 is 1.83 bits per heavy atom. The molecule has 2 aliphatic heterocycles. The first-order chi connectivity index (χ1) is 17.0. The summed E-state index contributed by atoms with van der Waals surface area (Å²) >= 11 is 5.86. The van der Waals surface area contributed by atoms with Crippen LogP contribution in [0.25, 0.3) is 5.69 Å². The largest absolute Gasteiger partial charge is 0.454 e. The minimum Gasteiger partial charge on any atom is -0.454 e. The van der Waals surface area contributed by atoms with Crippen LogP contribution < -0.4 is 19.7 Å². The van der Waals surface area contributed by atoms with Gasteiger partial charge in [-0.15, -0.1) is 0 Å². The average molecular weight is 487 g/mol. The fourth-order valence-electron chi connectivity index (χ4n) is 5.08. The summed E-state index contributed by atoms with van der Waals surface area (Å²) in [6.07, 6.45) is 1.79. The number of hydrogen-bond acceptors (Lipinski definition) is 4. The summed E-state index contributed by atoms with van der Waals surface area (Å²) in [5.41, 5.74) is 5.66. The Morgan fingerprint density at radius 3 is 2.63 bits per heavy atom. The molecule has 2 aliphatic rings. The molecule has 6 rings (SSSR count). The molecule has 8 heteroatoms. The third-order valence-corrected chi connectivity index (χ3v) is 6.90. The van der Waals surface area contributed by atoms with Crippen LogP contribution in [0.5, 0.6) is 11.5 Å². The van der Waals surface area contributed by atoms with E-state index in [9.17, 15) is 4.39 Å². The number of halogens is 1. The van der Waals surface area contributed by atoms with E-state index < -0.39 is 0 Å². The number of pyridine rings is 1. The highest BCUT2D eigenvalue weighted by Crippen LogP contribution is 2.46. The summed E-state index contributed by atoms with van der Waals surface area (Å²) < 4.78 is 27.3. The van der Waals surface area contributed by atoms with Gasteiger partial charge in [0.05, 0.1) is 17.8 Å². The summed E-state index contributed by atoms with van der Waals surface area (Å²) in [4.78, 5) is 6.74. The van der Waals surface area contributed by atoms with E-state index in [0.717, 1.165) is 34.0 Å². The molecule has 4 aromatic rings. The lowest BCUT2D eigenvalue weighted by molar-refractivity contribution is 0.174. The van der Waals surface area contributed by atoms with E-state index in [1.54, 1.807) is 18.3 Å². The Kier molecular flexibility index (Phi) is 5.18. The van der Waals surface area contributed by atoms with Gasteiger partial charge in [-0.25, -0.2) is 4.39 Å². The third-order valence-electron chi connectivity index (χ3n) is 6.59. The number of anilines is 1. The van der Waals surface area contributed by atoms with Crippen LogP contribution in [0.3, 0.4) is 0 Å². The lowest BCUT2D eigenvalue weighted by atomic mass is 9.96. The van der Waals surface area contributed by atoms with Gasteiger partial charge in [-0.1, -0.05) is 12.1 Å². The highest BCUT2D eigenvalue weighted by Gasteiger charge is 2.42. The van der Waals surface area contributed by atoms with Gasteiger partial charge in [0.1, 0.15) is 5.82 Å².